The second kappa shape index (κ2) is 9.41. The molecule has 138 valence electrons. The molecule has 0 saturated carbocycles. The summed E-state index contributed by atoms with van der Waals surface area (Å²) in [6.07, 6.45) is 3.64. The number of hydrogen-bond acceptors (Lipinski definition) is 3. The first-order valence-electron chi connectivity index (χ1n) is 8.69. The van der Waals surface area contributed by atoms with E-state index < -0.39 is 0 Å². The van der Waals surface area contributed by atoms with Crippen LogP contribution < -0.4 is 5.32 Å². The summed E-state index contributed by atoms with van der Waals surface area (Å²) in [6, 6.07) is 7.30. The summed E-state index contributed by atoms with van der Waals surface area (Å²) < 4.78 is 0. The van der Waals surface area contributed by atoms with Gasteiger partial charge in [0.25, 0.3) is 5.91 Å². The van der Waals surface area contributed by atoms with Crippen LogP contribution >= 0.6 is 24.0 Å². The lowest BCUT2D eigenvalue weighted by molar-refractivity contribution is -0.131. The third-order valence-electron chi connectivity index (χ3n) is 4.81. The van der Waals surface area contributed by atoms with E-state index >= 15 is 0 Å². The van der Waals surface area contributed by atoms with Gasteiger partial charge in [0.05, 0.1) is 0 Å². The maximum absolute atomic E-state index is 12.6. The van der Waals surface area contributed by atoms with Gasteiger partial charge in [-0.2, -0.15) is 0 Å². The number of carbonyl (C=O) groups is 2. The highest BCUT2D eigenvalue weighted by Crippen LogP contribution is 2.15. The molecule has 0 radical (unpaired) electrons. The molecule has 2 saturated heterocycles. The summed E-state index contributed by atoms with van der Waals surface area (Å²) in [5.74, 6) is 0.216. The fraction of sp³-hybridized carbons (Fsp3) is 0.556. The third-order valence-corrected chi connectivity index (χ3v) is 5.06. The van der Waals surface area contributed by atoms with E-state index in [1.165, 1.54) is 0 Å². The lowest BCUT2D eigenvalue weighted by Crippen LogP contribution is -2.39. The van der Waals surface area contributed by atoms with E-state index in [1.807, 2.05) is 9.80 Å². The molecule has 1 unspecified atom stereocenters. The second-order valence-corrected chi connectivity index (χ2v) is 6.97. The summed E-state index contributed by atoms with van der Waals surface area (Å²) in [7, 11) is 0. The van der Waals surface area contributed by atoms with Gasteiger partial charge in [0, 0.05) is 49.2 Å². The van der Waals surface area contributed by atoms with Gasteiger partial charge in [-0.1, -0.05) is 11.6 Å². The molecule has 2 heterocycles. The van der Waals surface area contributed by atoms with Crippen LogP contribution in [0.25, 0.3) is 0 Å². The van der Waals surface area contributed by atoms with Crippen LogP contribution in [0.15, 0.2) is 24.3 Å². The Balaban J connectivity index is 0.00000225. The van der Waals surface area contributed by atoms with E-state index in [0.717, 1.165) is 32.4 Å². The molecule has 1 N–H and O–H groups in total. The monoisotopic (exact) mass is 385 g/mol. The summed E-state index contributed by atoms with van der Waals surface area (Å²) >= 11 is 5.88. The number of halogens is 2. The van der Waals surface area contributed by atoms with Gasteiger partial charge in [-0.05, 0) is 50.1 Å². The topological polar surface area (TPSA) is 52.7 Å². The van der Waals surface area contributed by atoms with Crippen LogP contribution in [-0.2, 0) is 4.79 Å². The smallest absolute Gasteiger partial charge is 0.253 e. The molecule has 0 aromatic heterocycles. The first kappa shape index (κ1) is 20.0. The molecule has 2 aliphatic heterocycles. The SMILES string of the molecule is Cl.O=C(CC1CCCN1)N1CCCN(C(=O)c2ccc(Cl)cc2)CC1. The lowest BCUT2D eigenvalue weighted by atomic mass is 10.1. The Morgan fingerprint density at radius 2 is 1.72 bits per heavy atom. The highest BCUT2D eigenvalue weighted by Gasteiger charge is 2.25. The van der Waals surface area contributed by atoms with Gasteiger partial charge in [0.2, 0.25) is 5.91 Å². The number of benzene rings is 1. The predicted octanol–water partition coefficient (Wildman–Crippen LogP) is 2.58. The van der Waals surface area contributed by atoms with Crippen molar-refractivity contribution in [2.75, 3.05) is 32.7 Å². The van der Waals surface area contributed by atoms with Crippen molar-refractivity contribution >= 4 is 35.8 Å². The minimum atomic E-state index is 0. The van der Waals surface area contributed by atoms with Gasteiger partial charge in [-0.3, -0.25) is 9.59 Å². The summed E-state index contributed by atoms with van der Waals surface area (Å²) in [5.41, 5.74) is 0.648. The number of carbonyl (C=O) groups excluding carboxylic acids is 2. The largest absolute Gasteiger partial charge is 0.341 e. The number of hydrogen-bond donors (Lipinski definition) is 1. The molecule has 0 spiro atoms. The highest BCUT2D eigenvalue weighted by molar-refractivity contribution is 6.30. The van der Waals surface area contributed by atoms with Crippen molar-refractivity contribution in [3.8, 4) is 0 Å². The zero-order chi connectivity index (χ0) is 16.9. The molecular weight excluding hydrogens is 361 g/mol. The van der Waals surface area contributed by atoms with Crippen molar-refractivity contribution in [3.05, 3.63) is 34.9 Å². The second-order valence-electron chi connectivity index (χ2n) is 6.53. The zero-order valence-electron chi connectivity index (χ0n) is 14.2. The molecule has 1 aromatic carbocycles. The van der Waals surface area contributed by atoms with Crippen molar-refractivity contribution in [1.82, 2.24) is 15.1 Å². The summed E-state index contributed by atoms with van der Waals surface area (Å²) in [4.78, 5) is 28.8. The average molecular weight is 386 g/mol. The molecular formula is C18H25Cl2N3O2. The van der Waals surface area contributed by atoms with Gasteiger partial charge >= 0.3 is 0 Å². The lowest BCUT2D eigenvalue weighted by Gasteiger charge is -2.23. The number of rotatable bonds is 3. The Bertz CT molecular complexity index is 588. The van der Waals surface area contributed by atoms with E-state index in [-0.39, 0.29) is 24.2 Å². The fourth-order valence-electron chi connectivity index (χ4n) is 3.42. The molecule has 0 bridgehead atoms. The zero-order valence-corrected chi connectivity index (χ0v) is 15.8. The van der Waals surface area contributed by atoms with Crippen LogP contribution in [0.5, 0.6) is 0 Å². The van der Waals surface area contributed by atoms with E-state index in [0.29, 0.717) is 42.7 Å². The molecule has 5 nitrogen and oxygen atoms in total. The highest BCUT2D eigenvalue weighted by atomic mass is 35.5. The Morgan fingerprint density at radius 1 is 1.04 bits per heavy atom. The van der Waals surface area contributed by atoms with Crippen LogP contribution in [0.4, 0.5) is 0 Å². The van der Waals surface area contributed by atoms with Crippen molar-refractivity contribution in [2.45, 2.75) is 31.7 Å². The van der Waals surface area contributed by atoms with Crippen molar-refractivity contribution in [1.29, 1.82) is 0 Å². The maximum Gasteiger partial charge on any atom is 0.253 e. The molecule has 2 amide bonds. The van der Waals surface area contributed by atoms with E-state index in [4.69, 9.17) is 11.6 Å². The standard InChI is InChI=1S/C18H24ClN3O2.ClH/c19-15-6-4-14(5-7-15)18(24)22-10-2-9-21(11-12-22)17(23)13-16-3-1-8-20-16;/h4-7,16,20H,1-3,8-13H2;1H. The first-order chi connectivity index (χ1) is 11.6. The third kappa shape index (κ3) is 5.33. The number of nitrogens with zero attached hydrogens (tertiary/aromatic N) is 2. The van der Waals surface area contributed by atoms with Crippen molar-refractivity contribution in [2.24, 2.45) is 0 Å². The van der Waals surface area contributed by atoms with Crippen LogP contribution in [0, 0.1) is 0 Å². The number of nitrogens with one attached hydrogen (secondary N) is 1. The molecule has 25 heavy (non-hydrogen) atoms. The predicted molar refractivity (Wildman–Crippen MR) is 101 cm³/mol. The van der Waals surface area contributed by atoms with Crippen molar-refractivity contribution in [3.63, 3.8) is 0 Å². The van der Waals surface area contributed by atoms with Crippen LogP contribution in [0.2, 0.25) is 5.02 Å². The van der Waals surface area contributed by atoms with Crippen LogP contribution in [-0.4, -0.2) is 60.4 Å². The van der Waals surface area contributed by atoms with Gasteiger partial charge in [-0.25, -0.2) is 0 Å². The van der Waals surface area contributed by atoms with Gasteiger partial charge in [0.15, 0.2) is 0 Å². The summed E-state index contributed by atoms with van der Waals surface area (Å²) in [5, 5.41) is 4.00. The molecule has 2 aliphatic rings. The first-order valence-corrected chi connectivity index (χ1v) is 9.07. The average Bonchev–Trinajstić information content (AvgIpc) is 2.96. The molecule has 3 rings (SSSR count). The minimum absolute atomic E-state index is 0. The molecule has 0 aliphatic carbocycles. The Kier molecular flexibility index (Phi) is 7.54. The molecule has 2 fully saturated rings. The normalized spacial score (nSPS) is 20.8. The van der Waals surface area contributed by atoms with E-state index in [2.05, 4.69) is 5.32 Å². The van der Waals surface area contributed by atoms with Gasteiger partial charge < -0.3 is 15.1 Å². The van der Waals surface area contributed by atoms with Crippen LogP contribution in [0.3, 0.4) is 0 Å². The summed E-state index contributed by atoms with van der Waals surface area (Å²) in [6.45, 7) is 3.64. The van der Waals surface area contributed by atoms with Gasteiger partial charge in [-0.15, -0.1) is 12.4 Å². The number of amides is 2. The van der Waals surface area contributed by atoms with E-state index in [9.17, 15) is 9.59 Å². The van der Waals surface area contributed by atoms with Crippen molar-refractivity contribution < 1.29 is 9.59 Å². The molecule has 1 atom stereocenters. The Hall–Kier alpha value is -1.30. The molecule has 7 heteroatoms. The Morgan fingerprint density at radius 3 is 2.40 bits per heavy atom. The van der Waals surface area contributed by atoms with Crippen LogP contribution in [0.1, 0.15) is 36.0 Å². The quantitative estimate of drug-likeness (QED) is 0.869. The Labute approximate surface area is 160 Å². The van der Waals surface area contributed by atoms with Gasteiger partial charge in [0.1, 0.15) is 0 Å². The maximum atomic E-state index is 12.6. The minimum Gasteiger partial charge on any atom is -0.341 e. The van der Waals surface area contributed by atoms with E-state index in [1.54, 1.807) is 24.3 Å². The molecule has 1 aromatic rings. The fourth-order valence-corrected chi connectivity index (χ4v) is 3.54.